The molecule has 0 saturated heterocycles. The summed E-state index contributed by atoms with van der Waals surface area (Å²) in [6.45, 7) is 1.68. The molecule has 1 aromatic heterocycles. The standard InChI is InChI=1S/C15H15ClN2O3S/c1-9(13-3-2-6-22-13)18-14(19)8-21-12-5-4-10(16)7-11(12)15(17)20/h2-7,9H,8H2,1H3,(H2,17,20)(H,18,19)/t9-/m0/s1. The van der Waals surface area contributed by atoms with E-state index in [2.05, 4.69) is 5.32 Å². The highest BCUT2D eigenvalue weighted by atomic mass is 35.5. The topological polar surface area (TPSA) is 81.4 Å². The Morgan fingerprint density at radius 1 is 1.41 bits per heavy atom. The van der Waals surface area contributed by atoms with Gasteiger partial charge < -0.3 is 15.8 Å². The Hall–Kier alpha value is -2.05. The van der Waals surface area contributed by atoms with Gasteiger partial charge in [-0.1, -0.05) is 17.7 Å². The number of carbonyl (C=O) groups is 2. The van der Waals surface area contributed by atoms with E-state index in [1.165, 1.54) is 12.1 Å². The van der Waals surface area contributed by atoms with Gasteiger partial charge in [0.1, 0.15) is 5.75 Å². The smallest absolute Gasteiger partial charge is 0.258 e. The second-order valence-electron chi connectivity index (χ2n) is 4.60. The molecule has 5 nitrogen and oxygen atoms in total. The van der Waals surface area contributed by atoms with E-state index in [-0.39, 0.29) is 29.9 Å². The second kappa shape index (κ2) is 7.29. The SMILES string of the molecule is C[C@H](NC(=O)COc1ccc(Cl)cc1C(N)=O)c1cccs1. The molecule has 3 N–H and O–H groups in total. The van der Waals surface area contributed by atoms with Crippen molar-refractivity contribution in [1.29, 1.82) is 0 Å². The summed E-state index contributed by atoms with van der Waals surface area (Å²) < 4.78 is 5.37. The number of thiophene rings is 1. The van der Waals surface area contributed by atoms with E-state index in [1.807, 2.05) is 24.4 Å². The van der Waals surface area contributed by atoms with Crippen LogP contribution in [0.15, 0.2) is 35.7 Å². The van der Waals surface area contributed by atoms with Crippen LogP contribution >= 0.6 is 22.9 Å². The summed E-state index contributed by atoms with van der Waals surface area (Å²) in [6.07, 6.45) is 0. The Labute approximate surface area is 137 Å². The molecule has 0 aliphatic rings. The van der Waals surface area contributed by atoms with Gasteiger partial charge in [0, 0.05) is 9.90 Å². The number of benzene rings is 1. The lowest BCUT2D eigenvalue weighted by Gasteiger charge is -2.14. The normalized spacial score (nSPS) is 11.7. The molecule has 0 unspecified atom stereocenters. The molecule has 0 aliphatic heterocycles. The van der Waals surface area contributed by atoms with Crippen molar-refractivity contribution in [3.05, 3.63) is 51.2 Å². The number of rotatable bonds is 6. The molecule has 0 radical (unpaired) electrons. The number of ether oxygens (including phenoxy) is 1. The third kappa shape index (κ3) is 4.22. The van der Waals surface area contributed by atoms with Gasteiger partial charge in [0.2, 0.25) is 0 Å². The fourth-order valence-corrected chi connectivity index (χ4v) is 2.76. The molecule has 0 saturated carbocycles. The maximum atomic E-state index is 11.9. The van der Waals surface area contributed by atoms with E-state index in [9.17, 15) is 9.59 Å². The van der Waals surface area contributed by atoms with Crippen molar-refractivity contribution >= 4 is 34.8 Å². The van der Waals surface area contributed by atoms with Crippen LogP contribution in [0.25, 0.3) is 0 Å². The third-order valence-corrected chi connectivity index (χ3v) is 4.20. The summed E-state index contributed by atoms with van der Waals surface area (Å²) in [6, 6.07) is 8.25. The van der Waals surface area contributed by atoms with E-state index in [0.29, 0.717) is 5.02 Å². The van der Waals surface area contributed by atoms with Crippen LogP contribution in [0.1, 0.15) is 28.2 Å². The number of hydrogen-bond donors (Lipinski definition) is 2. The molecule has 2 amide bonds. The number of halogens is 1. The first kappa shape index (κ1) is 16.3. The molecule has 2 aromatic rings. The quantitative estimate of drug-likeness (QED) is 0.849. The predicted molar refractivity (Wildman–Crippen MR) is 86.3 cm³/mol. The van der Waals surface area contributed by atoms with Crippen LogP contribution in [0.5, 0.6) is 5.75 Å². The average Bonchev–Trinajstić information content (AvgIpc) is 3.00. The van der Waals surface area contributed by atoms with Gasteiger partial charge >= 0.3 is 0 Å². The van der Waals surface area contributed by atoms with Crippen molar-refractivity contribution in [3.8, 4) is 5.75 Å². The summed E-state index contributed by atoms with van der Waals surface area (Å²) in [7, 11) is 0. The number of primary amides is 1. The molecule has 1 aromatic carbocycles. The van der Waals surface area contributed by atoms with Gasteiger partial charge in [-0.2, -0.15) is 0 Å². The maximum absolute atomic E-state index is 11.9. The van der Waals surface area contributed by atoms with Crippen molar-refractivity contribution in [2.45, 2.75) is 13.0 Å². The fraction of sp³-hybridized carbons (Fsp3) is 0.200. The minimum absolute atomic E-state index is 0.100. The van der Waals surface area contributed by atoms with Gasteiger partial charge in [-0.05, 0) is 36.6 Å². The molecule has 0 fully saturated rings. The van der Waals surface area contributed by atoms with Crippen molar-refractivity contribution in [1.82, 2.24) is 5.32 Å². The summed E-state index contributed by atoms with van der Waals surface area (Å²) >= 11 is 7.37. The van der Waals surface area contributed by atoms with Crippen LogP contribution in [0, 0.1) is 0 Å². The zero-order valence-electron chi connectivity index (χ0n) is 11.8. The number of nitrogens with one attached hydrogen (secondary N) is 1. The van der Waals surface area contributed by atoms with Crippen LogP contribution < -0.4 is 15.8 Å². The van der Waals surface area contributed by atoms with Crippen LogP contribution in [-0.2, 0) is 4.79 Å². The van der Waals surface area contributed by atoms with Gasteiger partial charge in [0.15, 0.2) is 6.61 Å². The van der Waals surface area contributed by atoms with E-state index in [1.54, 1.807) is 17.4 Å². The summed E-state index contributed by atoms with van der Waals surface area (Å²) in [5.74, 6) is -0.716. The van der Waals surface area contributed by atoms with E-state index in [0.717, 1.165) is 4.88 Å². The molecule has 2 rings (SSSR count). The van der Waals surface area contributed by atoms with E-state index in [4.69, 9.17) is 22.1 Å². The number of nitrogens with two attached hydrogens (primary N) is 1. The predicted octanol–water partition coefficient (Wildman–Crippen LogP) is 2.76. The Balaban J connectivity index is 1.95. The van der Waals surface area contributed by atoms with Gasteiger partial charge in [-0.15, -0.1) is 11.3 Å². The van der Waals surface area contributed by atoms with Crippen LogP contribution in [0.3, 0.4) is 0 Å². The Morgan fingerprint density at radius 2 is 2.18 bits per heavy atom. The van der Waals surface area contributed by atoms with Crippen molar-refractivity contribution in [2.24, 2.45) is 5.73 Å². The van der Waals surface area contributed by atoms with Crippen LogP contribution in [0.2, 0.25) is 5.02 Å². The number of amides is 2. The third-order valence-electron chi connectivity index (χ3n) is 2.91. The van der Waals surface area contributed by atoms with Crippen LogP contribution in [-0.4, -0.2) is 18.4 Å². The molecule has 1 atom stereocenters. The Bertz CT molecular complexity index is 673. The van der Waals surface area contributed by atoms with Gasteiger partial charge in [0.25, 0.3) is 11.8 Å². The fourth-order valence-electron chi connectivity index (χ4n) is 1.86. The maximum Gasteiger partial charge on any atom is 0.258 e. The Kier molecular flexibility index (Phi) is 5.41. The first-order chi connectivity index (χ1) is 10.5. The average molecular weight is 339 g/mol. The molecule has 0 spiro atoms. The van der Waals surface area contributed by atoms with E-state index >= 15 is 0 Å². The van der Waals surface area contributed by atoms with E-state index < -0.39 is 5.91 Å². The molecule has 0 aliphatic carbocycles. The summed E-state index contributed by atoms with van der Waals surface area (Å²) in [5.41, 5.74) is 5.40. The highest BCUT2D eigenvalue weighted by Gasteiger charge is 2.14. The van der Waals surface area contributed by atoms with Crippen molar-refractivity contribution < 1.29 is 14.3 Å². The molecule has 0 bridgehead atoms. The minimum Gasteiger partial charge on any atom is -0.483 e. The zero-order valence-corrected chi connectivity index (χ0v) is 13.4. The van der Waals surface area contributed by atoms with Crippen molar-refractivity contribution in [3.63, 3.8) is 0 Å². The lowest BCUT2D eigenvalue weighted by molar-refractivity contribution is -0.123. The molecule has 22 heavy (non-hydrogen) atoms. The number of carbonyl (C=O) groups excluding carboxylic acids is 2. The molecular weight excluding hydrogens is 324 g/mol. The molecule has 1 heterocycles. The lowest BCUT2D eigenvalue weighted by Crippen LogP contribution is -2.31. The highest BCUT2D eigenvalue weighted by molar-refractivity contribution is 7.10. The van der Waals surface area contributed by atoms with Gasteiger partial charge in [-0.25, -0.2) is 0 Å². The van der Waals surface area contributed by atoms with Crippen molar-refractivity contribution in [2.75, 3.05) is 6.61 Å². The summed E-state index contributed by atoms with van der Waals surface area (Å²) in [4.78, 5) is 24.3. The summed E-state index contributed by atoms with van der Waals surface area (Å²) in [5, 5.41) is 5.13. The molecular formula is C15H15ClN2O3S. The Morgan fingerprint density at radius 3 is 2.82 bits per heavy atom. The highest BCUT2D eigenvalue weighted by Crippen LogP contribution is 2.22. The monoisotopic (exact) mass is 338 g/mol. The zero-order chi connectivity index (χ0) is 16.1. The molecule has 7 heteroatoms. The lowest BCUT2D eigenvalue weighted by atomic mass is 10.2. The first-order valence-corrected chi connectivity index (χ1v) is 7.78. The number of hydrogen-bond acceptors (Lipinski definition) is 4. The van der Waals surface area contributed by atoms with Gasteiger partial charge in [-0.3, -0.25) is 9.59 Å². The first-order valence-electron chi connectivity index (χ1n) is 6.52. The largest absolute Gasteiger partial charge is 0.483 e. The second-order valence-corrected chi connectivity index (χ2v) is 6.01. The van der Waals surface area contributed by atoms with Crippen LogP contribution in [0.4, 0.5) is 0 Å². The minimum atomic E-state index is -0.662. The molecule has 116 valence electrons. The van der Waals surface area contributed by atoms with Gasteiger partial charge in [0.05, 0.1) is 11.6 Å².